The average Bonchev–Trinajstić information content (AvgIpc) is 2.94. The van der Waals surface area contributed by atoms with E-state index in [-0.39, 0.29) is 5.69 Å². The first-order valence-corrected chi connectivity index (χ1v) is 6.17. The van der Waals surface area contributed by atoms with E-state index in [4.69, 9.17) is 21.4 Å². The lowest BCUT2D eigenvalue weighted by Gasteiger charge is -2.08. The number of rotatable bonds is 2. The first kappa shape index (κ1) is 12.0. The fourth-order valence-electron chi connectivity index (χ4n) is 2.28. The van der Waals surface area contributed by atoms with Crippen LogP contribution in [-0.2, 0) is 13.5 Å². The predicted octanol–water partition coefficient (Wildman–Crippen LogP) is 2.37. The molecular formula is C13H11ClN2O3. The van der Waals surface area contributed by atoms with E-state index < -0.39 is 5.97 Å². The van der Waals surface area contributed by atoms with Crippen molar-refractivity contribution in [3.05, 3.63) is 34.5 Å². The molecule has 2 aromatic rings. The Balaban J connectivity index is 2.20. The molecular weight excluding hydrogens is 268 g/mol. The van der Waals surface area contributed by atoms with E-state index in [1.807, 2.05) is 6.07 Å². The van der Waals surface area contributed by atoms with Gasteiger partial charge in [-0.05, 0) is 23.8 Å². The number of carboxylic acids is 1. The number of carboxylic acid groups (broad SMARTS) is 1. The van der Waals surface area contributed by atoms with Gasteiger partial charge in [-0.15, -0.1) is 0 Å². The van der Waals surface area contributed by atoms with Crippen molar-refractivity contribution in [1.29, 1.82) is 0 Å². The summed E-state index contributed by atoms with van der Waals surface area (Å²) in [6.45, 7) is 0.617. The Morgan fingerprint density at radius 2 is 2.26 bits per heavy atom. The van der Waals surface area contributed by atoms with E-state index >= 15 is 0 Å². The minimum atomic E-state index is -1.05. The summed E-state index contributed by atoms with van der Waals surface area (Å²) >= 11 is 6.10. The Morgan fingerprint density at radius 1 is 1.47 bits per heavy atom. The molecule has 19 heavy (non-hydrogen) atoms. The summed E-state index contributed by atoms with van der Waals surface area (Å²) in [6, 6.07) is 5.17. The van der Waals surface area contributed by atoms with E-state index in [1.165, 1.54) is 10.7 Å². The normalized spacial score (nSPS) is 13.2. The number of aromatic nitrogens is 2. The number of carbonyl (C=O) groups is 1. The standard InChI is InChI=1S/C13H11ClN2O3/c1-16-11(6-10(15-16)13(17)18)9-5-8(14)4-7-2-3-19-12(7)9/h4-6H,2-3H2,1H3,(H,17,18). The number of aromatic carboxylic acids is 1. The molecule has 0 saturated carbocycles. The van der Waals surface area contributed by atoms with Crippen LogP contribution in [0.5, 0.6) is 5.75 Å². The van der Waals surface area contributed by atoms with Gasteiger partial charge in [-0.3, -0.25) is 4.68 Å². The van der Waals surface area contributed by atoms with Crippen LogP contribution in [0.2, 0.25) is 5.02 Å². The molecule has 1 aromatic heterocycles. The zero-order valence-corrected chi connectivity index (χ0v) is 10.9. The zero-order chi connectivity index (χ0) is 13.6. The molecule has 0 unspecified atom stereocenters. The third-order valence-corrected chi connectivity index (χ3v) is 3.34. The Kier molecular flexibility index (Phi) is 2.71. The van der Waals surface area contributed by atoms with Gasteiger partial charge in [-0.1, -0.05) is 11.6 Å². The van der Waals surface area contributed by atoms with Crippen LogP contribution in [0.4, 0.5) is 0 Å². The summed E-state index contributed by atoms with van der Waals surface area (Å²) in [5.74, 6) is -0.286. The molecule has 1 N–H and O–H groups in total. The number of aryl methyl sites for hydroxylation is 1. The fourth-order valence-corrected chi connectivity index (χ4v) is 2.52. The molecule has 98 valence electrons. The van der Waals surface area contributed by atoms with E-state index in [2.05, 4.69) is 5.10 Å². The van der Waals surface area contributed by atoms with Gasteiger partial charge in [-0.25, -0.2) is 4.79 Å². The molecule has 0 bridgehead atoms. The molecule has 3 rings (SSSR count). The third kappa shape index (κ3) is 1.96. The van der Waals surface area contributed by atoms with E-state index in [0.29, 0.717) is 17.3 Å². The Bertz CT molecular complexity index is 679. The zero-order valence-electron chi connectivity index (χ0n) is 10.2. The lowest BCUT2D eigenvalue weighted by atomic mass is 10.1. The predicted molar refractivity (Wildman–Crippen MR) is 69.8 cm³/mol. The second kappa shape index (κ2) is 4.28. The van der Waals surface area contributed by atoms with Gasteiger partial charge in [0.05, 0.1) is 12.3 Å². The maximum atomic E-state index is 11.0. The third-order valence-electron chi connectivity index (χ3n) is 3.12. The molecule has 0 spiro atoms. The highest BCUT2D eigenvalue weighted by molar-refractivity contribution is 6.31. The number of ether oxygens (including phenoxy) is 1. The quantitative estimate of drug-likeness (QED) is 0.916. The average molecular weight is 279 g/mol. The Hall–Kier alpha value is -2.01. The molecule has 6 heteroatoms. The van der Waals surface area contributed by atoms with Crippen LogP contribution in [0.1, 0.15) is 16.1 Å². The topological polar surface area (TPSA) is 64.4 Å². The van der Waals surface area contributed by atoms with Crippen LogP contribution >= 0.6 is 11.6 Å². The molecule has 0 fully saturated rings. The highest BCUT2D eigenvalue weighted by atomic mass is 35.5. The minimum Gasteiger partial charge on any atom is -0.492 e. The molecule has 0 aliphatic carbocycles. The molecule has 0 radical (unpaired) electrons. The molecule has 0 atom stereocenters. The van der Waals surface area contributed by atoms with Crippen molar-refractivity contribution in [3.8, 4) is 17.0 Å². The summed E-state index contributed by atoms with van der Waals surface area (Å²) in [5, 5.41) is 13.6. The van der Waals surface area contributed by atoms with E-state index in [9.17, 15) is 4.79 Å². The van der Waals surface area contributed by atoms with Gasteiger partial charge in [0.15, 0.2) is 5.69 Å². The lowest BCUT2D eigenvalue weighted by molar-refractivity contribution is 0.0689. The van der Waals surface area contributed by atoms with Gasteiger partial charge in [0, 0.05) is 24.1 Å². The maximum Gasteiger partial charge on any atom is 0.356 e. The maximum absolute atomic E-state index is 11.0. The number of halogens is 1. The Morgan fingerprint density at radius 3 is 2.95 bits per heavy atom. The van der Waals surface area contributed by atoms with E-state index in [1.54, 1.807) is 13.1 Å². The van der Waals surface area contributed by atoms with Crippen LogP contribution in [0.25, 0.3) is 11.3 Å². The summed E-state index contributed by atoms with van der Waals surface area (Å²) in [4.78, 5) is 11.0. The number of fused-ring (bicyclic) bond motifs is 1. The minimum absolute atomic E-state index is 0.00391. The first-order valence-electron chi connectivity index (χ1n) is 5.79. The van der Waals surface area contributed by atoms with Crippen molar-refractivity contribution >= 4 is 17.6 Å². The summed E-state index contributed by atoms with van der Waals surface area (Å²) in [5.41, 5.74) is 2.50. The summed E-state index contributed by atoms with van der Waals surface area (Å²) in [6.07, 6.45) is 0.812. The van der Waals surface area contributed by atoms with Crippen LogP contribution in [0.3, 0.4) is 0 Å². The van der Waals surface area contributed by atoms with E-state index in [0.717, 1.165) is 23.3 Å². The lowest BCUT2D eigenvalue weighted by Crippen LogP contribution is -1.99. The molecule has 1 aliphatic heterocycles. The number of hydrogen-bond acceptors (Lipinski definition) is 3. The van der Waals surface area contributed by atoms with Crippen LogP contribution in [0, 0.1) is 0 Å². The number of nitrogens with zero attached hydrogens (tertiary/aromatic N) is 2. The smallest absolute Gasteiger partial charge is 0.356 e. The van der Waals surface area contributed by atoms with Crippen LogP contribution in [-0.4, -0.2) is 27.5 Å². The second-order valence-electron chi connectivity index (χ2n) is 4.38. The van der Waals surface area contributed by atoms with Gasteiger partial charge in [0.25, 0.3) is 0 Å². The van der Waals surface area contributed by atoms with Gasteiger partial charge < -0.3 is 9.84 Å². The number of hydrogen-bond donors (Lipinski definition) is 1. The molecule has 5 nitrogen and oxygen atoms in total. The molecule has 0 amide bonds. The SMILES string of the molecule is Cn1nc(C(=O)O)cc1-c1cc(Cl)cc2c1OCC2. The second-order valence-corrected chi connectivity index (χ2v) is 4.82. The first-order chi connectivity index (χ1) is 9.06. The van der Waals surface area contributed by atoms with Gasteiger partial charge in [-0.2, -0.15) is 5.10 Å². The van der Waals surface area contributed by atoms with Crippen molar-refractivity contribution in [2.24, 2.45) is 7.05 Å². The van der Waals surface area contributed by atoms with Gasteiger partial charge in [0.1, 0.15) is 5.75 Å². The number of benzene rings is 1. The molecule has 1 aromatic carbocycles. The largest absolute Gasteiger partial charge is 0.492 e. The van der Waals surface area contributed by atoms with Crippen molar-refractivity contribution in [1.82, 2.24) is 9.78 Å². The van der Waals surface area contributed by atoms with Gasteiger partial charge >= 0.3 is 5.97 Å². The van der Waals surface area contributed by atoms with Crippen molar-refractivity contribution < 1.29 is 14.6 Å². The fraction of sp³-hybridized carbons (Fsp3) is 0.231. The van der Waals surface area contributed by atoms with Gasteiger partial charge in [0.2, 0.25) is 0 Å². The van der Waals surface area contributed by atoms with Crippen molar-refractivity contribution in [3.63, 3.8) is 0 Å². The van der Waals surface area contributed by atoms with Crippen LogP contribution < -0.4 is 4.74 Å². The summed E-state index contributed by atoms with van der Waals surface area (Å²) < 4.78 is 7.14. The summed E-state index contributed by atoms with van der Waals surface area (Å²) in [7, 11) is 1.70. The van der Waals surface area contributed by atoms with Crippen molar-refractivity contribution in [2.45, 2.75) is 6.42 Å². The molecule has 1 aliphatic rings. The highest BCUT2D eigenvalue weighted by Crippen LogP contribution is 2.39. The molecule has 0 saturated heterocycles. The van der Waals surface area contributed by atoms with Crippen LogP contribution in [0.15, 0.2) is 18.2 Å². The monoisotopic (exact) mass is 278 g/mol. The Labute approximate surface area is 114 Å². The molecule has 2 heterocycles. The highest BCUT2D eigenvalue weighted by Gasteiger charge is 2.22. The van der Waals surface area contributed by atoms with Crippen molar-refractivity contribution in [2.75, 3.05) is 6.61 Å².